The van der Waals surface area contributed by atoms with Crippen molar-refractivity contribution >= 4 is 27.5 Å². The van der Waals surface area contributed by atoms with Crippen LogP contribution in [-0.4, -0.2) is 20.9 Å². The Morgan fingerprint density at radius 2 is 1.61 bits per heavy atom. The van der Waals surface area contributed by atoms with Crippen molar-refractivity contribution in [2.75, 3.05) is 0 Å². The van der Waals surface area contributed by atoms with Crippen molar-refractivity contribution in [1.29, 1.82) is 0 Å². The standard InChI is InChI=1S/C22H19N2.C11H20O2.Ir/c1-22(2,3)18-12-10-16(11-13-18)21-23-14-17-9-8-15-6-4-5-7-19(15)20(17)24-21;1-8(2)5-10(12)7-11(13)6-9(3)4;/h4-10,12-14H,1-3H3;7-9,12H,5-6H2,1-4H3;/q-1;;/b;10-7-;. The van der Waals surface area contributed by atoms with E-state index in [4.69, 9.17) is 4.98 Å². The first kappa shape index (κ1) is 31.3. The third-order valence-corrected chi connectivity index (χ3v) is 5.95. The first-order valence-corrected chi connectivity index (χ1v) is 13.0. The Morgan fingerprint density at radius 1 is 0.947 bits per heavy atom. The summed E-state index contributed by atoms with van der Waals surface area (Å²) in [6.45, 7) is 14.6. The molecule has 0 aliphatic rings. The van der Waals surface area contributed by atoms with Gasteiger partial charge in [-0.3, -0.25) is 14.8 Å². The molecule has 0 aliphatic heterocycles. The van der Waals surface area contributed by atoms with Crippen LogP contribution in [0.1, 0.15) is 66.9 Å². The van der Waals surface area contributed by atoms with E-state index in [1.54, 1.807) is 0 Å². The van der Waals surface area contributed by atoms with E-state index in [1.165, 1.54) is 17.0 Å². The van der Waals surface area contributed by atoms with E-state index >= 15 is 0 Å². The minimum atomic E-state index is 0. The molecule has 5 heteroatoms. The van der Waals surface area contributed by atoms with E-state index in [9.17, 15) is 9.90 Å². The number of carbonyl (C=O) groups is 1. The Labute approximate surface area is 241 Å². The zero-order valence-electron chi connectivity index (χ0n) is 23.5. The predicted octanol–water partition coefficient (Wildman–Crippen LogP) is 8.63. The molecule has 0 saturated heterocycles. The minimum absolute atomic E-state index is 0. The number of fused-ring (bicyclic) bond motifs is 3. The molecule has 0 spiro atoms. The van der Waals surface area contributed by atoms with Gasteiger partial charge in [-0.25, -0.2) is 0 Å². The first-order valence-electron chi connectivity index (χ1n) is 13.0. The molecule has 0 aliphatic carbocycles. The molecule has 0 bridgehead atoms. The molecule has 4 aromatic rings. The Kier molecular flexibility index (Phi) is 11.4. The van der Waals surface area contributed by atoms with Crippen LogP contribution in [0.4, 0.5) is 0 Å². The molecule has 4 nitrogen and oxygen atoms in total. The van der Waals surface area contributed by atoms with E-state index in [0.29, 0.717) is 24.7 Å². The molecule has 1 radical (unpaired) electrons. The van der Waals surface area contributed by atoms with Crippen LogP contribution in [0.3, 0.4) is 0 Å². The third kappa shape index (κ3) is 8.85. The summed E-state index contributed by atoms with van der Waals surface area (Å²) in [7, 11) is 0. The Hall–Kier alpha value is -2.88. The summed E-state index contributed by atoms with van der Waals surface area (Å²) in [5.74, 6) is 1.70. The predicted molar refractivity (Wildman–Crippen MR) is 155 cm³/mol. The van der Waals surface area contributed by atoms with Crippen LogP contribution in [0.5, 0.6) is 0 Å². The Morgan fingerprint density at radius 3 is 2.21 bits per heavy atom. The average Bonchev–Trinajstić information content (AvgIpc) is 2.82. The fourth-order valence-corrected chi connectivity index (χ4v) is 4.05. The van der Waals surface area contributed by atoms with E-state index in [-0.39, 0.29) is 37.1 Å². The number of benzene rings is 3. The zero-order valence-corrected chi connectivity index (χ0v) is 25.9. The van der Waals surface area contributed by atoms with Gasteiger partial charge in [0.25, 0.3) is 0 Å². The summed E-state index contributed by atoms with van der Waals surface area (Å²) in [4.78, 5) is 20.6. The molecule has 3 aromatic carbocycles. The molecule has 1 heterocycles. The number of rotatable bonds is 6. The zero-order chi connectivity index (χ0) is 27.2. The number of nitrogens with zero attached hydrogens (tertiary/aromatic N) is 2. The van der Waals surface area contributed by atoms with Crippen molar-refractivity contribution in [2.24, 2.45) is 11.8 Å². The molecule has 0 saturated carbocycles. The summed E-state index contributed by atoms with van der Waals surface area (Å²) in [6, 6.07) is 22.1. The largest absolute Gasteiger partial charge is 0.512 e. The summed E-state index contributed by atoms with van der Waals surface area (Å²) in [5, 5.41) is 12.8. The van der Waals surface area contributed by atoms with Crippen LogP contribution in [0, 0.1) is 17.9 Å². The van der Waals surface area contributed by atoms with Crippen LogP contribution in [-0.2, 0) is 30.3 Å². The van der Waals surface area contributed by atoms with Gasteiger partial charge in [-0.1, -0.05) is 84.9 Å². The number of hydrogen-bond acceptors (Lipinski definition) is 4. The topological polar surface area (TPSA) is 63.1 Å². The van der Waals surface area contributed by atoms with Gasteiger partial charge in [-0.05, 0) is 22.6 Å². The number of aliphatic hydroxyl groups excluding tert-OH is 1. The molecular weight excluding hydrogens is 649 g/mol. The van der Waals surface area contributed by atoms with Crippen molar-refractivity contribution in [1.82, 2.24) is 9.97 Å². The normalized spacial score (nSPS) is 11.9. The summed E-state index contributed by atoms with van der Waals surface area (Å²) < 4.78 is 0. The molecule has 0 unspecified atom stereocenters. The summed E-state index contributed by atoms with van der Waals surface area (Å²) in [5.41, 5.74) is 3.30. The van der Waals surface area contributed by atoms with Crippen molar-refractivity contribution in [3.05, 3.63) is 84.3 Å². The van der Waals surface area contributed by atoms with Crippen molar-refractivity contribution in [3.8, 4) is 11.4 Å². The molecule has 0 fully saturated rings. The number of ketones is 1. The minimum Gasteiger partial charge on any atom is -0.512 e. The second-order valence-electron chi connectivity index (χ2n) is 11.5. The van der Waals surface area contributed by atoms with Crippen LogP contribution in [0.25, 0.3) is 33.1 Å². The molecule has 203 valence electrons. The molecule has 38 heavy (non-hydrogen) atoms. The third-order valence-electron chi connectivity index (χ3n) is 5.95. The van der Waals surface area contributed by atoms with Crippen LogP contribution in [0.15, 0.2) is 72.6 Å². The van der Waals surface area contributed by atoms with Gasteiger partial charge >= 0.3 is 0 Å². The van der Waals surface area contributed by atoms with E-state index in [0.717, 1.165) is 27.7 Å². The fraction of sp³-hybridized carbons (Fsp3) is 0.364. The number of carbonyl (C=O) groups excluding carboxylic acids is 1. The molecule has 0 amide bonds. The SMILES string of the molecule is CC(C)(C)c1c[c-]c(-c2ncc3ccc4ccccc4c3n2)cc1.CC(C)CC(=O)/C=C(\O)CC(C)C.[Ir]. The van der Waals surface area contributed by atoms with Gasteiger partial charge in [0.15, 0.2) is 5.78 Å². The van der Waals surface area contributed by atoms with Crippen molar-refractivity contribution in [2.45, 2.75) is 66.7 Å². The number of aliphatic hydroxyl groups is 1. The van der Waals surface area contributed by atoms with Gasteiger partial charge in [0, 0.05) is 56.0 Å². The molecule has 4 rings (SSSR count). The monoisotopic (exact) mass is 688 g/mol. The number of aromatic nitrogens is 2. The number of hydrogen-bond donors (Lipinski definition) is 1. The summed E-state index contributed by atoms with van der Waals surface area (Å²) in [6.07, 6.45) is 4.36. The smallest absolute Gasteiger partial charge is 0.159 e. The van der Waals surface area contributed by atoms with Gasteiger partial charge in [-0.15, -0.1) is 35.4 Å². The van der Waals surface area contributed by atoms with Gasteiger partial charge in [0.1, 0.15) is 0 Å². The van der Waals surface area contributed by atoms with Crippen LogP contribution < -0.4 is 0 Å². The van der Waals surface area contributed by atoms with Crippen molar-refractivity contribution < 1.29 is 30.0 Å². The van der Waals surface area contributed by atoms with Crippen LogP contribution in [0.2, 0.25) is 0 Å². The second-order valence-corrected chi connectivity index (χ2v) is 11.5. The Balaban J connectivity index is 0.000000313. The Bertz CT molecular complexity index is 1380. The second kappa shape index (κ2) is 13.8. The maximum atomic E-state index is 11.2. The quantitative estimate of drug-likeness (QED) is 0.0955. The maximum absolute atomic E-state index is 11.2. The molecule has 1 aromatic heterocycles. The van der Waals surface area contributed by atoms with Gasteiger partial charge in [-0.2, -0.15) is 0 Å². The van der Waals surface area contributed by atoms with E-state index < -0.39 is 0 Å². The van der Waals surface area contributed by atoms with E-state index in [1.807, 2.05) is 46.0 Å². The van der Waals surface area contributed by atoms with Gasteiger partial charge < -0.3 is 5.11 Å². The van der Waals surface area contributed by atoms with E-state index in [2.05, 4.69) is 74.3 Å². The number of allylic oxidation sites excluding steroid dienone is 2. The molecule has 1 N–H and O–H groups in total. The fourth-order valence-electron chi connectivity index (χ4n) is 4.05. The van der Waals surface area contributed by atoms with Crippen molar-refractivity contribution in [3.63, 3.8) is 0 Å². The average molecular weight is 688 g/mol. The summed E-state index contributed by atoms with van der Waals surface area (Å²) >= 11 is 0. The van der Waals surface area contributed by atoms with Crippen LogP contribution >= 0.6 is 0 Å². The molecular formula is C33H39IrN2O2-. The van der Waals surface area contributed by atoms with Gasteiger partial charge in [0.05, 0.1) is 17.1 Å². The maximum Gasteiger partial charge on any atom is 0.159 e. The molecule has 0 atom stereocenters. The van der Waals surface area contributed by atoms with Gasteiger partial charge in [0.2, 0.25) is 0 Å². The first-order chi connectivity index (χ1) is 17.4.